The van der Waals surface area contributed by atoms with Gasteiger partial charge in [0.25, 0.3) is 5.91 Å². The van der Waals surface area contributed by atoms with Crippen molar-refractivity contribution in [2.75, 3.05) is 37.0 Å². The minimum Gasteiger partial charge on any atom is -0.309 e. The number of fused-ring (bicyclic) bond motifs is 1. The van der Waals surface area contributed by atoms with Gasteiger partial charge in [-0.2, -0.15) is 0 Å². The first kappa shape index (κ1) is 23.8. The van der Waals surface area contributed by atoms with Crippen molar-refractivity contribution in [3.63, 3.8) is 0 Å². The molecule has 4 rings (SSSR count). The van der Waals surface area contributed by atoms with E-state index in [1.807, 2.05) is 38.4 Å². The van der Waals surface area contributed by atoms with Crippen molar-refractivity contribution in [1.29, 1.82) is 0 Å². The lowest BCUT2D eigenvalue weighted by atomic mass is 10.1. The van der Waals surface area contributed by atoms with Gasteiger partial charge >= 0.3 is 0 Å². The molecule has 0 N–H and O–H groups in total. The number of thiazole rings is 1. The molecule has 9 heteroatoms. The monoisotopic (exact) mass is 472 g/mol. The Bertz CT molecular complexity index is 1100. The Morgan fingerprint density at radius 3 is 2.44 bits per heavy atom. The zero-order chi connectivity index (χ0) is 22.0. The molecule has 1 saturated heterocycles. The second-order valence-corrected chi connectivity index (χ2v) is 8.76. The summed E-state index contributed by atoms with van der Waals surface area (Å²) in [5, 5.41) is 0.642. The third kappa shape index (κ3) is 4.98. The summed E-state index contributed by atoms with van der Waals surface area (Å²) >= 11 is 1.48. The number of halogens is 1. The summed E-state index contributed by atoms with van der Waals surface area (Å²) in [6.07, 6.45) is 1.20. The van der Waals surface area contributed by atoms with E-state index in [0.29, 0.717) is 22.9 Å². The molecule has 0 spiro atoms. The van der Waals surface area contributed by atoms with Gasteiger partial charge in [-0.15, -0.1) is 12.4 Å². The molecule has 0 unspecified atom stereocenters. The number of para-hydroxylation sites is 1. The van der Waals surface area contributed by atoms with Gasteiger partial charge in [-0.25, -0.2) is 4.98 Å². The molecule has 3 amide bonds. The van der Waals surface area contributed by atoms with Crippen LogP contribution >= 0.6 is 23.7 Å². The number of benzene rings is 2. The highest BCUT2D eigenvalue weighted by Crippen LogP contribution is 2.30. The molecule has 7 nitrogen and oxygen atoms in total. The van der Waals surface area contributed by atoms with Crippen LogP contribution in [-0.2, 0) is 9.59 Å². The molecule has 0 aliphatic carbocycles. The Labute approximate surface area is 197 Å². The quantitative estimate of drug-likeness (QED) is 0.486. The first-order valence-electron chi connectivity index (χ1n) is 10.2. The highest BCUT2D eigenvalue weighted by Gasteiger charge is 2.31. The Hall–Kier alpha value is -2.81. The minimum absolute atomic E-state index is 0. The molecule has 1 aromatic heterocycles. The van der Waals surface area contributed by atoms with Crippen LogP contribution in [0, 0.1) is 0 Å². The summed E-state index contributed by atoms with van der Waals surface area (Å²) in [7, 11) is 3.99. The number of carbonyl (C=O) groups is 3. The van der Waals surface area contributed by atoms with Gasteiger partial charge in [0.05, 0.1) is 15.9 Å². The molecule has 168 valence electrons. The van der Waals surface area contributed by atoms with E-state index in [1.165, 1.54) is 16.2 Å². The molecule has 0 bridgehead atoms. The van der Waals surface area contributed by atoms with Crippen molar-refractivity contribution in [2.24, 2.45) is 0 Å². The third-order valence-corrected chi connectivity index (χ3v) is 6.21. The number of nitrogens with zero attached hydrogens (tertiary/aromatic N) is 4. The van der Waals surface area contributed by atoms with Crippen LogP contribution in [-0.4, -0.2) is 54.8 Å². The number of amides is 3. The first-order chi connectivity index (χ1) is 14.9. The fraction of sp³-hybridized carbons (Fsp3) is 0.304. The van der Waals surface area contributed by atoms with E-state index in [9.17, 15) is 14.4 Å². The van der Waals surface area contributed by atoms with E-state index >= 15 is 0 Å². The van der Waals surface area contributed by atoms with Gasteiger partial charge in [-0.1, -0.05) is 29.5 Å². The van der Waals surface area contributed by atoms with Crippen molar-refractivity contribution in [3.8, 4) is 0 Å². The van der Waals surface area contributed by atoms with Crippen LogP contribution in [0.3, 0.4) is 0 Å². The lowest BCUT2D eigenvalue weighted by Crippen LogP contribution is -2.34. The fourth-order valence-corrected chi connectivity index (χ4v) is 4.59. The first-order valence-corrected chi connectivity index (χ1v) is 11.0. The summed E-state index contributed by atoms with van der Waals surface area (Å²) < 4.78 is 1.02. The van der Waals surface area contributed by atoms with Crippen LogP contribution in [0.5, 0.6) is 0 Å². The Kier molecular flexibility index (Phi) is 7.60. The van der Waals surface area contributed by atoms with Crippen LogP contribution < -0.4 is 9.80 Å². The Morgan fingerprint density at radius 2 is 1.75 bits per heavy atom. The van der Waals surface area contributed by atoms with Gasteiger partial charge in [0, 0.05) is 24.9 Å². The number of aromatic nitrogens is 1. The summed E-state index contributed by atoms with van der Waals surface area (Å²) in [4.78, 5) is 47.4. The van der Waals surface area contributed by atoms with Gasteiger partial charge in [0.15, 0.2) is 5.13 Å². The topological polar surface area (TPSA) is 73.8 Å². The lowest BCUT2D eigenvalue weighted by molar-refractivity contribution is -0.121. The van der Waals surface area contributed by atoms with Gasteiger partial charge in [0.1, 0.15) is 0 Å². The lowest BCUT2D eigenvalue weighted by Gasteiger charge is -2.22. The van der Waals surface area contributed by atoms with Gasteiger partial charge < -0.3 is 4.90 Å². The summed E-state index contributed by atoms with van der Waals surface area (Å²) in [5.74, 6) is -0.661. The Balaban J connectivity index is 0.00000289. The second-order valence-electron chi connectivity index (χ2n) is 7.75. The highest BCUT2D eigenvalue weighted by molar-refractivity contribution is 7.22. The van der Waals surface area contributed by atoms with Crippen molar-refractivity contribution < 1.29 is 14.4 Å². The van der Waals surface area contributed by atoms with E-state index in [0.717, 1.165) is 23.2 Å². The second kappa shape index (κ2) is 10.2. The molecule has 0 atom stereocenters. The van der Waals surface area contributed by atoms with Gasteiger partial charge in [0.2, 0.25) is 11.8 Å². The van der Waals surface area contributed by atoms with Crippen LogP contribution in [0.25, 0.3) is 10.2 Å². The van der Waals surface area contributed by atoms with Crippen molar-refractivity contribution in [1.82, 2.24) is 9.88 Å². The van der Waals surface area contributed by atoms with E-state index in [2.05, 4.69) is 9.88 Å². The average Bonchev–Trinajstić information content (AvgIpc) is 3.33. The third-order valence-electron chi connectivity index (χ3n) is 5.15. The maximum absolute atomic E-state index is 13.5. The molecule has 0 radical (unpaired) electrons. The van der Waals surface area contributed by atoms with E-state index < -0.39 is 0 Å². The predicted octanol–water partition coefficient (Wildman–Crippen LogP) is 3.97. The minimum atomic E-state index is -0.233. The summed E-state index contributed by atoms with van der Waals surface area (Å²) in [5.41, 5.74) is 1.72. The molecule has 1 aliphatic heterocycles. The molecule has 1 aliphatic rings. The summed E-state index contributed by atoms with van der Waals surface area (Å²) in [6, 6.07) is 14.5. The highest BCUT2D eigenvalue weighted by atomic mass is 35.5. The van der Waals surface area contributed by atoms with Crippen LogP contribution in [0.4, 0.5) is 10.8 Å². The van der Waals surface area contributed by atoms with E-state index in [-0.39, 0.29) is 43.0 Å². The number of anilines is 2. The maximum atomic E-state index is 13.5. The van der Waals surface area contributed by atoms with E-state index in [1.54, 1.807) is 29.2 Å². The largest absolute Gasteiger partial charge is 0.309 e. The summed E-state index contributed by atoms with van der Waals surface area (Å²) in [6.45, 7) is 1.36. The number of hydrogen-bond donors (Lipinski definition) is 0. The van der Waals surface area contributed by atoms with Gasteiger partial charge in [-0.05, 0) is 57.4 Å². The maximum Gasteiger partial charge on any atom is 0.260 e. The van der Waals surface area contributed by atoms with E-state index in [4.69, 9.17) is 0 Å². The molecule has 3 aromatic rings. The standard InChI is InChI=1S/C23H24N4O3S.ClH/c1-25(2)13-6-14-26(23-24-18-9-3-4-10-19(18)31-23)22(30)16-7-5-8-17(15-16)27-20(28)11-12-21(27)29;/h3-5,7-10,15H,6,11-14H2,1-2H3;1H. The Morgan fingerprint density at radius 1 is 1.03 bits per heavy atom. The molecule has 2 aromatic carbocycles. The number of rotatable bonds is 7. The normalized spacial score (nSPS) is 13.7. The molecule has 2 heterocycles. The van der Waals surface area contributed by atoms with Crippen LogP contribution in [0.2, 0.25) is 0 Å². The molecular weight excluding hydrogens is 448 g/mol. The number of hydrogen-bond acceptors (Lipinski definition) is 6. The predicted molar refractivity (Wildman–Crippen MR) is 130 cm³/mol. The SMILES string of the molecule is CN(C)CCCN(C(=O)c1cccc(N2C(=O)CCC2=O)c1)c1nc2ccccc2s1.Cl. The molecule has 32 heavy (non-hydrogen) atoms. The molecule has 1 fully saturated rings. The number of carbonyl (C=O) groups excluding carboxylic acids is 3. The zero-order valence-electron chi connectivity index (χ0n) is 18.0. The van der Waals surface area contributed by atoms with Crippen molar-refractivity contribution in [3.05, 3.63) is 54.1 Å². The smallest absolute Gasteiger partial charge is 0.260 e. The zero-order valence-corrected chi connectivity index (χ0v) is 19.6. The van der Waals surface area contributed by atoms with Crippen molar-refractivity contribution in [2.45, 2.75) is 19.3 Å². The number of imide groups is 1. The molecule has 0 saturated carbocycles. The van der Waals surface area contributed by atoms with Crippen molar-refractivity contribution >= 4 is 62.5 Å². The van der Waals surface area contributed by atoms with Crippen LogP contribution in [0.15, 0.2) is 48.5 Å². The van der Waals surface area contributed by atoms with Gasteiger partial charge in [-0.3, -0.25) is 24.2 Å². The average molecular weight is 473 g/mol. The molecular formula is C23H25ClN4O3S. The van der Waals surface area contributed by atoms with Crippen LogP contribution in [0.1, 0.15) is 29.6 Å². The fourth-order valence-electron chi connectivity index (χ4n) is 3.60.